The minimum absolute atomic E-state index is 0.0861. The summed E-state index contributed by atoms with van der Waals surface area (Å²) in [6.45, 7) is 8.41. The van der Waals surface area contributed by atoms with Gasteiger partial charge in [-0.05, 0) is 13.3 Å². The fourth-order valence-electron chi connectivity index (χ4n) is 1.85. The lowest BCUT2D eigenvalue weighted by atomic mass is 10.3. The van der Waals surface area contributed by atoms with E-state index in [1.807, 2.05) is 13.8 Å². The van der Waals surface area contributed by atoms with Crippen molar-refractivity contribution in [3.8, 4) is 0 Å². The molecule has 0 spiro atoms. The molecule has 102 valence electrons. The highest BCUT2D eigenvalue weighted by atomic mass is 32.2. The molecular formula is C11H25N3O2S. The monoisotopic (exact) mass is 263 g/mol. The smallest absolute Gasteiger partial charge is 0.215 e. The van der Waals surface area contributed by atoms with Crippen molar-refractivity contribution in [3.05, 3.63) is 0 Å². The molecule has 0 radical (unpaired) electrons. The van der Waals surface area contributed by atoms with Gasteiger partial charge >= 0.3 is 0 Å². The molecule has 1 rings (SSSR count). The first kappa shape index (κ1) is 14.9. The van der Waals surface area contributed by atoms with Gasteiger partial charge < -0.3 is 5.32 Å². The molecule has 0 aromatic heterocycles. The van der Waals surface area contributed by atoms with Crippen LogP contribution in [0.2, 0.25) is 0 Å². The van der Waals surface area contributed by atoms with Crippen molar-refractivity contribution in [2.45, 2.75) is 26.3 Å². The largest absolute Gasteiger partial charge is 0.314 e. The third-order valence-electron chi connectivity index (χ3n) is 3.53. The number of hydrogen-bond donors (Lipinski definition) is 1. The number of rotatable bonds is 6. The first-order valence-electron chi connectivity index (χ1n) is 6.36. The number of hydrogen-bond acceptors (Lipinski definition) is 4. The van der Waals surface area contributed by atoms with Gasteiger partial charge in [-0.25, -0.2) is 12.7 Å². The van der Waals surface area contributed by atoms with Crippen LogP contribution in [0, 0.1) is 0 Å². The summed E-state index contributed by atoms with van der Waals surface area (Å²) < 4.78 is 25.6. The molecule has 1 unspecified atom stereocenters. The molecule has 0 bridgehead atoms. The molecule has 1 aliphatic heterocycles. The highest BCUT2D eigenvalue weighted by molar-refractivity contribution is 7.89. The Kier molecular flexibility index (Phi) is 5.85. The van der Waals surface area contributed by atoms with Gasteiger partial charge in [-0.15, -0.1) is 0 Å². The van der Waals surface area contributed by atoms with Gasteiger partial charge in [0.2, 0.25) is 10.0 Å². The van der Waals surface area contributed by atoms with Crippen LogP contribution in [0.25, 0.3) is 0 Å². The molecule has 1 atom stereocenters. The van der Waals surface area contributed by atoms with E-state index in [0.29, 0.717) is 6.54 Å². The molecule has 1 aliphatic rings. The Morgan fingerprint density at radius 1 is 1.35 bits per heavy atom. The van der Waals surface area contributed by atoms with E-state index in [1.54, 1.807) is 7.05 Å². The van der Waals surface area contributed by atoms with E-state index < -0.39 is 10.0 Å². The zero-order chi connectivity index (χ0) is 12.9. The van der Waals surface area contributed by atoms with E-state index in [2.05, 4.69) is 10.2 Å². The summed E-state index contributed by atoms with van der Waals surface area (Å²) >= 11 is 0. The van der Waals surface area contributed by atoms with Crippen molar-refractivity contribution in [2.24, 2.45) is 0 Å². The van der Waals surface area contributed by atoms with Crippen LogP contribution in [0.4, 0.5) is 0 Å². The zero-order valence-electron chi connectivity index (χ0n) is 11.1. The zero-order valence-corrected chi connectivity index (χ0v) is 12.0. The van der Waals surface area contributed by atoms with Crippen LogP contribution in [-0.2, 0) is 10.0 Å². The van der Waals surface area contributed by atoms with E-state index in [0.717, 1.165) is 32.6 Å². The molecule has 0 amide bonds. The molecule has 1 N–H and O–H groups in total. The molecular weight excluding hydrogens is 238 g/mol. The molecule has 1 saturated heterocycles. The molecule has 6 heteroatoms. The van der Waals surface area contributed by atoms with Gasteiger partial charge in [-0.3, -0.25) is 4.90 Å². The average Bonchev–Trinajstić information content (AvgIpc) is 2.36. The van der Waals surface area contributed by atoms with Crippen molar-refractivity contribution in [1.82, 2.24) is 14.5 Å². The second-order valence-corrected chi connectivity index (χ2v) is 6.83. The SMILES string of the molecule is CCC(C)N(C)S(=O)(=O)CCN1CCNCC1. The maximum Gasteiger partial charge on any atom is 0.215 e. The molecule has 0 aromatic carbocycles. The van der Waals surface area contributed by atoms with Crippen molar-refractivity contribution in [3.63, 3.8) is 0 Å². The Morgan fingerprint density at radius 2 is 1.94 bits per heavy atom. The highest BCUT2D eigenvalue weighted by Gasteiger charge is 2.23. The number of piperazine rings is 1. The minimum atomic E-state index is -3.10. The third kappa shape index (κ3) is 4.54. The maximum absolute atomic E-state index is 12.1. The summed E-state index contributed by atoms with van der Waals surface area (Å²) in [5.74, 6) is 0.230. The lowest BCUT2D eigenvalue weighted by Crippen LogP contribution is -2.46. The maximum atomic E-state index is 12.1. The lowest BCUT2D eigenvalue weighted by Gasteiger charge is -2.29. The standard InChI is InChI=1S/C11H25N3O2S/c1-4-11(2)13(3)17(15,16)10-9-14-7-5-12-6-8-14/h11-12H,4-10H2,1-3H3. The summed E-state index contributed by atoms with van der Waals surface area (Å²) in [7, 11) is -1.42. The topological polar surface area (TPSA) is 52.7 Å². The summed E-state index contributed by atoms with van der Waals surface area (Å²) in [6.07, 6.45) is 0.851. The predicted molar refractivity (Wildman–Crippen MR) is 70.6 cm³/mol. The predicted octanol–water partition coefficient (Wildman–Crippen LogP) is -0.0483. The Morgan fingerprint density at radius 3 is 2.47 bits per heavy atom. The van der Waals surface area contributed by atoms with Gasteiger partial charge in [-0.2, -0.15) is 0 Å². The second-order valence-electron chi connectivity index (χ2n) is 4.68. The van der Waals surface area contributed by atoms with Crippen molar-refractivity contribution < 1.29 is 8.42 Å². The van der Waals surface area contributed by atoms with Gasteiger partial charge in [0.15, 0.2) is 0 Å². The summed E-state index contributed by atoms with van der Waals surface area (Å²) in [5.41, 5.74) is 0. The first-order chi connectivity index (χ1) is 7.97. The van der Waals surface area contributed by atoms with E-state index in [9.17, 15) is 8.42 Å². The number of sulfonamides is 1. The summed E-state index contributed by atoms with van der Waals surface area (Å²) in [6, 6.07) is 0.0861. The summed E-state index contributed by atoms with van der Waals surface area (Å²) in [5, 5.41) is 3.26. The highest BCUT2D eigenvalue weighted by Crippen LogP contribution is 2.08. The third-order valence-corrected chi connectivity index (χ3v) is 5.46. The molecule has 1 fully saturated rings. The van der Waals surface area contributed by atoms with E-state index in [-0.39, 0.29) is 11.8 Å². The fraction of sp³-hybridized carbons (Fsp3) is 1.00. The Labute approximate surface area is 105 Å². The van der Waals surface area contributed by atoms with Crippen LogP contribution < -0.4 is 5.32 Å². The van der Waals surface area contributed by atoms with Gasteiger partial charge in [-0.1, -0.05) is 6.92 Å². The molecule has 0 aliphatic carbocycles. The Bertz CT molecular complexity index is 313. The lowest BCUT2D eigenvalue weighted by molar-refractivity contribution is 0.252. The van der Waals surface area contributed by atoms with Crippen molar-refractivity contribution in [2.75, 3.05) is 45.5 Å². The van der Waals surface area contributed by atoms with Crippen molar-refractivity contribution >= 4 is 10.0 Å². The van der Waals surface area contributed by atoms with Crippen LogP contribution in [0.1, 0.15) is 20.3 Å². The molecule has 0 saturated carbocycles. The van der Waals surface area contributed by atoms with E-state index >= 15 is 0 Å². The molecule has 17 heavy (non-hydrogen) atoms. The van der Waals surface area contributed by atoms with Gasteiger partial charge in [0.25, 0.3) is 0 Å². The van der Waals surface area contributed by atoms with Crippen LogP contribution in [0.3, 0.4) is 0 Å². The van der Waals surface area contributed by atoms with Crippen LogP contribution in [0.15, 0.2) is 0 Å². The fourth-order valence-corrected chi connectivity index (χ4v) is 3.33. The van der Waals surface area contributed by atoms with Crippen LogP contribution >= 0.6 is 0 Å². The van der Waals surface area contributed by atoms with Crippen LogP contribution in [0.5, 0.6) is 0 Å². The Hall–Kier alpha value is -0.170. The van der Waals surface area contributed by atoms with Crippen LogP contribution in [-0.4, -0.2) is 69.2 Å². The molecule has 5 nitrogen and oxygen atoms in total. The van der Waals surface area contributed by atoms with Gasteiger partial charge in [0.1, 0.15) is 0 Å². The second kappa shape index (κ2) is 6.68. The Balaban J connectivity index is 2.43. The molecule has 0 aromatic rings. The minimum Gasteiger partial charge on any atom is -0.314 e. The van der Waals surface area contributed by atoms with E-state index in [4.69, 9.17) is 0 Å². The number of nitrogens with zero attached hydrogens (tertiary/aromatic N) is 2. The van der Waals surface area contributed by atoms with Crippen molar-refractivity contribution in [1.29, 1.82) is 0 Å². The summed E-state index contributed by atoms with van der Waals surface area (Å²) in [4.78, 5) is 2.21. The van der Waals surface area contributed by atoms with E-state index in [1.165, 1.54) is 4.31 Å². The van der Waals surface area contributed by atoms with Gasteiger partial charge in [0.05, 0.1) is 5.75 Å². The first-order valence-corrected chi connectivity index (χ1v) is 7.97. The molecule has 1 heterocycles. The quantitative estimate of drug-likeness (QED) is 0.730. The number of nitrogens with one attached hydrogen (secondary N) is 1. The van der Waals surface area contributed by atoms with Gasteiger partial charge in [0, 0.05) is 45.8 Å². The average molecular weight is 263 g/mol. The normalized spacial score (nSPS) is 20.7.